The first-order chi connectivity index (χ1) is 15.0. The van der Waals surface area contributed by atoms with E-state index in [9.17, 15) is 21.6 Å². The third kappa shape index (κ3) is 6.52. The van der Waals surface area contributed by atoms with E-state index >= 15 is 0 Å². The van der Waals surface area contributed by atoms with Gasteiger partial charge in [-0.05, 0) is 55.0 Å². The molecule has 0 radical (unpaired) electrons. The summed E-state index contributed by atoms with van der Waals surface area (Å²) in [6, 6.07) is 12.1. The van der Waals surface area contributed by atoms with Crippen molar-refractivity contribution in [1.29, 1.82) is 0 Å². The Hall–Kier alpha value is -2.47. The zero-order valence-corrected chi connectivity index (χ0v) is 20.3. The number of nitrogens with zero attached hydrogens (tertiary/aromatic N) is 2. The number of anilines is 2. The van der Waals surface area contributed by atoms with Gasteiger partial charge in [-0.25, -0.2) is 25.4 Å². The van der Waals surface area contributed by atoms with Gasteiger partial charge in [0.25, 0.3) is 0 Å². The number of hydrogen-bond acceptors (Lipinski definition) is 6. The Morgan fingerprint density at radius 3 is 1.81 bits per heavy atom. The van der Waals surface area contributed by atoms with Crippen molar-refractivity contribution < 1.29 is 21.6 Å². The Labute approximate surface area is 190 Å². The number of carbonyl (C=O) groups excluding carboxylic acids is 1. The summed E-state index contributed by atoms with van der Waals surface area (Å²) in [5, 5.41) is 5.61. The molecule has 0 fully saturated rings. The van der Waals surface area contributed by atoms with Crippen LogP contribution in [0.1, 0.15) is 19.8 Å². The van der Waals surface area contributed by atoms with Crippen LogP contribution in [0.2, 0.25) is 0 Å². The highest BCUT2D eigenvalue weighted by Crippen LogP contribution is 2.19. The molecule has 32 heavy (non-hydrogen) atoms. The number of benzene rings is 2. The van der Waals surface area contributed by atoms with Crippen molar-refractivity contribution in [3.63, 3.8) is 0 Å². The van der Waals surface area contributed by atoms with Crippen molar-refractivity contribution in [2.75, 3.05) is 44.9 Å². The van der Waals surface area contributed by atoms with E-state index in [1.807, 2.05) is 6.92 Å². The van der Waals surface area contributed by atoms with Crippen molar-refractivity contribution >= 4 is 37.3 Å². The van der Waals surface area contributed by atoms with Crippen LogP contribution in [0.3, 0.4) is 0 Å². The summed E-state index contributed by atoms with van der Waals surface area (Å²) in [6.07, 6.45) is 1.70. The topological polar surface area (TPSA) is 116 Å². The minimum Gasteiger partial charge on any atom is -0.376 e. The Morgan fingerprint density at radius 1 is 0.812 bits per heavy atom. The lowest BCUT2D eigenvalue weighted by Gasteiger charge is -2.17. The van der Waals surface area contributed by atoms with Gasteiger partial charge >= 0.3 is 0 Å². The fourth-order valence-corrected chi connectivity index (χ4v) is 4.85. The van der Waals surface area contributed by atoms with Crippen LogP contribution in [0.15, 0.2) is 58.3 Å². The number of nitrogens with one attached hydrogen (secondary N) is 2. The number of amides is 1. The van der Waals surface area contributed by atoms with Gasteiger partial charge in [0.2, 0.25) is 26.0 Å². The van der Waals surface area contributed by atoms with Crippen LogP contribution in [0.25, 0.3) is 0 Å². The van der Waals surface area contributed by atoms with E-state index in [1.165, 1.54) is 54.8 Å². The van der Waals surface area contributed by atoms with Gasteiger partial charge in [0.15, 0.2) is 0 Å². The molecule has 9 nitrogen and oxygen atoms in total. The summed E-state index contributed by atoms with van der Waals surface area (Å²) in [5.74, 6) is -0.329. The van der Waals surface area contributed by atoms with Gasteiger partial charge in [0, 0.05) is 39.1 Å². The fourth-order valence-electron chi connectivity index (χ4n) is 2.73. The summed E-state index contributed by atoms with van der Waals surface area (Å²) in [6.45, 7) is 2.42. The molecule has 0 aliphatic carbocycles. The number of unbranched alkanes of at least 4 members (excludes halogenated alkanes) is 1. The van der Waals surface area contributed by atoms with Gasteiger partial charge in [-0.3, -0.25) is 4.79 Å². The lowest BCUT2D eigenvalue weighted by molar-refractivity contribution is -0.114. The zero-order chi connectivity index (χ0) is 23.9. The largest absolute Gasteiger partial charge is 0.376 e. The second-order valence-electron chi connectivity index (χ2n) is 7.42. The highest BCUT2D eigenvalue weighted by atomic mass is 32.2. The minimum absolute atomic E-state index is 0.0414. The Bertz CT molecular complexity index is 1110. The van der Waals surface area contributed by atoms with Crippen LogP contribution in [0.4, 0.5) is 11.4 Å². The first-order valence-electron chi connectivity index (χ1n) is 10.1. The van der Waals surface area contributed by atoms with E-state index in [0.29, 0.717) is 17.9 Å². The van der Waals surface area contributed by atoms with E-state index in [4.69, 9.17) is 0 Å². The molecule has 0 saturated heterocycles. The van der Waals surface area contributed by atoms with Crippen molar-refractivity contribution in [1.82, 2.24) is 8.61 Å². The molecule has 11 heteroatoms. The predicted molar refractivity (Wildman–Crippen MR) is 126 cm³/mol. The molecule has 0 unspecified atom stereocenters. The smallest absolute Gasteiger partial charge is 0.243 e. The highest BCUT2D eigenvalue weighted by molar-refractivity contribution is 7.89. The van der Waals surface area contributed by atoms with E-state index in [-0.39, 0.29) is 22.2 Å². The molecule has 2 N–H and O–H groups in total. The number of carbonyl (C=O) groups is 1. The van der Waals surface area contributed by atoms with Crippen molar-refractivity contribution in [3.8, 4) is 0 Å². The fraction of sp³-hybridized carbons (Fsp3) is 0.381. The lowest BCUT2D eigenvalue weighted by atomic mass is 10.3. The average molecular weight is 483 g/mol. The molecule has 0 aromatic heterocycles. The van der Waals surface area contributed by atoms with Crippen LogP contribution in [-0.2, 0) is 24.8 Å². The Morgan fingerprint density at radius 2 is 1.31 bits per heavy atom. The standard InChI is InChI=1S/C21H30N4O5S2/c1-5-6-15-25(4)32(29,30)20-11-7-17(8-12-20)22-16-21(26)23-18-9-13-19(14-10-18)31(27,28)24(2)3/h7-14,22H,5-6,15-16H2,1-4H3,(H,23,26). The van der Waals surface area contributed by atoms with Crippen molar-refractivity contribution in [2.24, 2.45) is 0 Å². The van der Waals surface area contributed by atoms with Crippen LogP contribution < -0.4 is 10.6 Å². The summed E-state index contributed by atoms with van der Waals surface area (Å²) in [5.41, 5.74) is 1.06. The monoisotopic (exact) mass is 482 g/mol. The van der Waals surface area contributed by atoms with Gasteiger partial charge < -0.3 is 10.6 Å². The maximum absolute atomic E-state index is 12.5. The van der Waals surface area contributed by atoms with Crippen LogP contribution in [0, 0.1) is 0 Å². The number of sulfonamides is 2. The Balaban J connectivity index is 1.93. The SMILES string of the molecule is CCCCN(C)S(=O)(=O)c1ccc(NCC(=O)Nc2ccc(S(=O)(=O)N(C)C)cc2)cc1. The first-order valence-corrected chi connectivity index (χ1v) is 13.0. The van der Waals surface area contributed by atoms with Gasteiger partial charge in [0.1, 0.15) is 0 Å². The average Bonchev–Trinajstić information content (AvgIpc) is 2.76. The molecule has 1 amide bonds. The van der Waals surface area contributed by atoms with Crippen molar-refractivity contribution in [3.05, 3.63) is 48.5 Å². The maximum atomic E-state index is 12.5. The molecule has 0 heterocycles. The van der Waals surface area contributed by atoms with Gasteiger partial charge in [0.05, 0.1) is 16.3 Å². The molecule has 0 aliphatic heterocycles. The van der Waals surface area contributed by atoms with Crippen LogP contribution in [0.5, 0.6) is 0 Å². The summed E-state index contributed by atoms with van der Waals surface area (Å²) < 4.78 is 51.7. The van der Waals surface area contributed by atoms with E-state index in [0.717, 1.165) is 17.1 Å². The molecule has 0 aliphatic rings. The second-order valence-corrected chi connectivity index (χ2v) is 11.6. The molecule has 2 rings (SSSR count). The molecule has 0 spiro atoms. The van der Waals surface area contributed by atoms with Gasteiger partial charge in [-0.1, -0.05) is 13.3 Å². The number of hydrogen-bond donors (Lipinski definition) is 2. The molecule has 0 saturated carbocycles. The number of rotatable bonds is 11. The molecular weight excluding hydrogens is 452 g/mol. The van der Waals surface area contributed by atoms with Crippen LogP contribution >= 0.6 is 0 Å². The van der Waals surface area contributed by atoms with Crippen molar-refractivity contribution in [2.45, 2.75) is 29.6 Å². The summed E-state index contributed by atoms with van der Waals surface area (Å²) in [4.78, 5) is 12.5. The minimum atomic E-state index is -3.54. The lowest BCUT2D eigenvalue weighted by Crippen LogP contribution is -2.28. The molecule has 0 atom stereocenters. The molecular formula is C21H30N4O5S2. The van der Waals surface area contributed by atoms with Gasteiger partial charge in [-0.15, -0.1) is 0 Å². The highest BCUT2D eigenvalue weighted by Gasteiger charge is 2.20. The van der Waals surface area contributed by atoms with Crippen LogP contribution in [-0.4, -0.2) is 65.6 Å². The van der Waals surface area contributed by atoms with E-state index in [1.54, 1.807) is 19.2 Å². The molecule has 0 bridgehead atoms. The third-order valence-electron chi connectivity index (χ3n) is 4.76. The zero-order valence-electron chi connectivity index (χ0n) is 18.7. The predicted octanol–water partition coefficient (Wildman–Crippen LogP) is 2.41. The summed E-state index contributed by atoms with van der Waals surface area (Å²) in [7, 11) is -2.61. The third-order valence-corrected chi connectivity index (χ3v) is 8.46. The van der Waals surface area contributed by atoms with Gasteiger partial charge in [-0.2, -0.15) is 0 Å². The van der Waals surface area contributed by atoms with E-state index in [2.05, 4.69) is 10.6 Å². The second kappa shape index (κ2) is 10.9. The molecule has 2 aromatic rings. The quantitative estimate of drug-likeness (QED) is 0.508. The molecule has 2 aromatic carbocycles. The molecule has 176 valence electrons. The maximum Gasteiger partial charge on any atom is 0.243 e. The normalized spacial score (nSPS) is 12.2. The van der Waals surface area contributed by atoms with E-state index < -0.39 is 20.0 Å². The Kier molecular flexibility index (Phi) is 8.79. The summed E-state index contributed by atoms with van der Waals surface area (Å²) >= 11 is 0. The first kappa shape index (κ1) is 25.8.